The molecule has 25 heavy (non-hydrogen) atoms. The zero-order valence-corrected chi connectivity index (χ0v) is 13.3. The van der Waals surface area contributed by atoms with E-state index in [0.29, 0.717) is 30.5 Å². The first-order chi connectivity index (χ1) is 12.4. The number of aromatic nitrogens is 6. The lowest BCUT2D eigenvalue weighted by molar-refractivity contribution is 0.576. The van der Waals surface area contributed by atoms with Crippen LogP contribution in [-0.4, -0.2) is 30.1 Å². The van der Waals surface area contributed by atoms with Crippen LogP contribution >= 0.6 is 0 Å². The van der Waals surface area contributed by atoms with Gasteiger partial charge in [0.25, 0.3) is 0 Å². The van der Waals surface area contributed by atoms with E-state index >= 15 is 0 Å². The summed E-state index contributed by atoms with van der Waals surface area (Å²) in [6.07, 6.45) is 8.60. The minimum absolute atomic E-state index is 0.567. The highest BCUT2D eigenvalue weighted by Gasteiger charge is 2.06. The molecule has 4 heterocycles. The van der Waals surface area contributed by atoms with Gasteiger partial charge >= 0.3 is 0 Å². The second kappa shape index (κ2) is 7.02. The second-order valence-electron chi connectivity index (χ2n) is 5.34. The molecule has 0 saturated carbocycles. The van der Waals surface area contributed by atoms with Gasteiger partial charge in [0.1, 0.15) is 5.82 Å². The quantitative estimate of drug-likeness (QED) is 0.557. The lowest BCUT2D eigenvalue weighted by Gasteiger charge is -2.02. The minimum Gasteiger partial charge on any atom is -0.461 e. The molecule has 8 heteroatoms. The van der Waals surface area contributed by atoms with E-state index in [1.807, 2.05) is 24.3 Å². The first kappa shape index (κ1) is 15.2. The summed E-state index contributed by atoms with van der Waals surface area (Å²) in [4.78, 5) is 17.1. The molecule has 8 nitrogen and oxygen atoms in total. The molecule has 0 bridgehead atoms. The molecule has 0 fully saturated rings. The van der Waals surface area contributed by atoms with Crippen LogP contribution in [-0.2, 0) is 13.1 Å². The second-order valence-corrected chi connectivity index (χ2v) is 5.34. The van der Waals surface area contributed by atoms with E-state index in [0.717, 1.165) is 17.0 Å². The number of furan rings is 1. The molecule has 0 atom stereocenters. The molecule has 0 amide bonds. The molecule has 4 aromatic rings. The van der Waals surface area contributed by atoms with Crippen molar-refractivity contribution in [1.29, 1.82) is 0 Å². The number of aromatic amines is 1. The van der Waals surface area contributed by atoms with Crippen molar-refractivity contribution in [3.05, 3.63) is 66.7 Å². The highest BCUT2D eigenvalue weighted by atomic mass is 16.3. The Labute approximate surface area is 143 Å². The summed E-state index contributed by atoms with van der Waals surface area (Å²) in [5.74, 6) is 2.65. The maximum absolute atomic E-state index is 5.27. The standard InChI is InChI=1S/C17H15N7O/c1-2-14(25-7-1)17-20-9-12(10-21-17)8-19-11-15-22-16(24-23-15)13-3-5-18-6-4-13/h1-7,9-10,19H,8,11H2,(H,22,23,24). The predicted octanol–water partition coefficient (Wildman–Crippen LogP) is 2.21. The fraction of sp³-hybridized carbons (Fsp3) is 0.118. The number of nitrogens with zero attached hydrogens (tertiary/aromatic N) is 5. The molecule has 124 valence electrons. The molecule has 0 aliphatic rings. The third-order valence-corrected chi connectivity index (χ3v) is 3.54. The van der Waals surface area contributed by atoms with Crippen LogP contribution in [0.3, 0.4) is 0 Å². The highest BCUT2D eigenvalue weighted by molar-refractivity contribution is 5.52. The molecule has 4 aromatic heterocycles. The van der Waals surface area contributed by atoms with Gasteiger partial charge in [-0.25, -0.2) is 15.0 Å². The van der Waals surface area contributed by atoms with E-state index in [9.17, 15) is 0 Å². The van der Waals surface area contributed by atoms with E-state index in [1.165, 1.54) is 0 Å². The summed E-state index contributed by atoms with van der Waals surface area (Å²) in [6.45, 7) is 1.20. The molecule has 4 rings (SSSR count). The molecule has 0 radical (unpaired) electrons. The largest absolute Gasteiger partial charge is 0.461 e. The molecule has 0 saturated heterocycles. The Balaban J connectivity index is 1.33. The Bertz CT molecular complexity index is 917. The summed E-state index contributed by atoms with van der Waals surface area (Å²) in [6, 6.07) is 7.39. The Morgan fingerprint density at radius 1 is 1.00 bits per heavy atom. The Morgan fingerprint density at radius 3 is 2.60 bits per heavy atom. The van der Waals surface area contributed by atoms with Gasteiger partial charge in [0.15, 0.2) is 17.4 Å². The van der Waals surface area contributed by atoms with Gasteiger partial charge in [0.05, 0.1) is 12.8 Å². The number of H-pyrrole nitrogens is 1. The highest BCUT2D eigenvalue weighted by Crippen LogP contribution is 2.14. The van der Waals surface area contributed by atoms with Gasteiger partial charge in [-0.2, -0.15) is 5.10 Å². The molecule has 0 aromatic carbocycles. The zero-order valence-electron chi connectivity index (χ0n) is 13.3. The average molecular weight is 333 g/mol. The van der Waals surface area contributed by atoms with Crippen LogP contribution < -0.4 is 5.32 Å². The summed E-state index contributed by atoms with van der Waals surface area (Å²) in [7, 11) is 0. The maximum atomic E-state index is 5.27. The number of nitrogens with one attached hydrogen (secondary N) is 2. The fourth-order valence-electron chi connectivity index (χ4n) is 2.31. The lowest BCUT2D eigenvalue weighted by Crippen LogP contribution is -2.14. The number of pyridine rings is 1. The van der Waals surface area contributed by atoms with Crippen molar-refractivity contribution in [3.63, 3.8) is 0 Å². The Morgan fingerprint density at radius 2 is 1.84 bits per heavy atom. The van der Waals surface area contributed by atoms with Crippen molar-refractivity contribution in [2.75, 3.05) is 0 Å². The zero-order chi connectivity index (χ0) is 16.9. The number of hydrogen-bond acceptors (Lipinski definition) is 7. The Hall–Kier alpha value is -3.39. The van der Waals surface area contributed by atoms with Gasteiger partial charge in [0, 0.05) is 42.5 Å². The van der Waals surface area contributed by atoms with Crippen LogP contribution in [0.15, 0.2) is 59.7 Å². The van der Waals surface area contributed by atoms with E-state index in [2.05, 4.69) is 35.5 Å². The SMILES string of the molecule is c1coc(-c2ncc(CNCc3nc(-c4ccncc4)n[nH]3)cn2)c1. The van der Waals surface area contributed by atoms with Gasteiger partial charge in [-0.3, -0.25) is 10.1 Å². The van der Waals surface area contributed by atoms with Crippen molar-refractivity contribution in [1.82, 2.24) is 35.5 Å². The summed E-state index contributed by atoms with van der Waals surface area (Å²) in [5, 5.41) is 10.4. The van der Waals surface area contributed by atoms with Crippen LogP contribution in [0.4, 0.5) is 0 Å². The van der Waals surface area contributed by atoms with Crippen molar-refractivity contribution in [3.8, 4) is 23.0 Å². The van der Waals surface area contributed by atoms with Crippen LogP contribution in [0.1, 0.15) is 11.4 Å². The predicted molar refractivity (Wildman–Crippen MR) is 89.9 cm³/mol. The van der Waals surface area contributed by atoms with Crippen LogP contribution in [0.2, 0.25) is 0 Å². The maximum Gasteiger partial charge on any atom is 0.195 e. The normalized spacial score (nSPS) is 10.9. The van der Waals surface area contributed by atoms with Crippen molar-refractivity contribution >= 4 is 0 Å². The molecule has 0 aliphatic heterocycles. The van der Waals surface area contributed by atoms with Crippen LogP contribution in [0, 0.1) is 0 Å². The lowest BCUT2D eigenvalue weighted by atomic mass is 10.2. The minimum atomic E-state index is 0.567. The van der Waals surface area contributed by atoms with E-state index in [4.69, 9.17) is 4.42 Å². The van der Waals surface area contributed by atoms with Gasteiger partial charge in [-0.05, 0) is 24.3 Å². The van der Waals surface area contributed by atoms with Gasteiger partial charge in [-0.15, -0.1) is 0 Å². The third kappa shape index (κ3) is 3.59. The smallest absolute Gasteiger partial charge is 0.195 e. The van der Waals surface area contributed by atoms with Crippen molar-refractivity contribution in [2.24, 2.45) is 0 Å². The topological polar surface area (TPSA) is 105 Å². The summed E-state index contributed by atoms with van der Waals surface area (Å²) in [5.41, 5.74) is 1.91. The molecule has 2 N–H and O–H groups in total. The van der Waals surface area contributed by atoms with E-state index in [-0.39, 0.29) is 0 Å². The van der Waals surface area contributed by atoms with Gasteiger partial charge in [0.2, 0.25) is 0 Å². The molecular weight excluding hydrogens is 318 g/mol. The van der Waals surface area contributed by atoms with Gasteiger partial charge < -0.3 is 9.73 Å². The van der Waals surface area contributed by atoms with E-state index in [1.54, 1.807) is 31.1 Å². The van der Waals surface area contributed by atoms with Gasteiger partial charge in [-0.1, -0.05) is 0 Å². The molecular formula is C17H15N7O. The number of hydrogen-bond donors (Lipinski definition) is 2. The van der Waals surface area contributed by atoms with Crippen molar-refractivity contribution in [2.45, 2.75) is 13.1 Å². The summed E-state index contributed by atoms with van der Waals surface area (Å²) < 4.78 is 5.27. The fourth-order valence-corrected chi connectivity index (χ4v) is 2.31. The Kier molecular flexibility index (Phi) is 4.25. The first-order valence-electron chi connectivity index (χ1n) is 7.76. The third-order valence-electron chi connectivity index (χ3n) is 3.54. The first-order valence-corrected chi connectivity index (χ1v) is 7.76. The molecule has 0 unspecified atom stereocenters. The van der Waals surface area contributed by atoms with Crippen LogP contribution in [0.25, 0.3) is 23.0 Å². The monoisotopic (exact) mass is 333 g/mol. The van der Waals surface area contributed by atoms with E-state index < -0.39 is 0 Å². The average Bonchev–Trinajstić information content (AvgIpc) is 3.35. The molecule has 0 spiro atoms. The molecule has 0 aliphatic carbocycles. The van der Waals surface area contributed by atoms with Crippen molar-refractivity contribution < 1.29 is 4.42 Å². The number of rotatable bonds is 6. The van der Waals surface area contributed by atoms with Crippen LogP contribution in [0.5, 0.6) is 0 Å². The summed E-state index contributed by atoms with van der Waals surface area (Å²) >= 11 is 0.